The van der Waals surface area contributed by atoms with Gasteiger partial charge in [-0.2, -0.15) is 0 Å². The van der Waals surface area contributed by atoms with Crippen LogP contribution < -0.4 is 5.32 Å². The number of hydrogen-bond donors (Lipinski definition) is 1. The molecule has 3 heteroatoms. The van der Waals surface area contributed by atoms with Gasteiger partial charge < -0.3 is 9.73 Å². The van der Waals surface area contributed by atoms with E-state index in [9.17, 15) is 0 Å². The molecule has 1 rings (SSSR count). The van der Waals surface area contributed by atoms with Crippen molar-refractivity contribution in [2.24, 2.45) is 0 Å². The maximum atomic E-state index is 5.57. The van der Waals surface area contributed by atoms with Crippen LogP contribution in [-0.4, -0.2) is 24.0 Å². The second-order valence-electron chi connectivity index (χ2n) is 5.46. The molecule has 0 saturated carbocycles. The normalized spacial score (nSPS) is 13.5. The Morgan fingerprint density at radius 2 is 2.06 bits per heavy atom. The molecule has 0 aliphatic rings. The molecule has 1 aromatic heterocycles. The number of nitrogens with zero attached hydrogens (tertiary/aromatic N) is 1. The van der Waals surface area contributed by atoms with E-state index in [1.54, 1.807) is 6.26 Å². The number of furan rings is 1. The first-order chi connectivity index (χ1) is 8.54. The van der Waals surface area contributed by atoms with Crippen LogP contribution in [0.15, 0.2) is 16.7 Å². The van der Waals surface area contributed by atoms with Crippen LogP contribution in [0.25, 0.3) is 0 Å². The van der Waals surface area contributed by atoms with Crippen LogP contribution in [0.4, 0.5) is 0 Å². The zero-order valence-electron chi connectivity index (χ0n) is 12.5. The predicted molar refractivity (Wildman–Crippen MR) is 76.5 cm³/mol. The van der Waals surface area contributed by atoms with Gasteiger partial charge in [-0.1, -0.05) is 27.2 Å². The highest BCUT2D eigenvalue weighted by Gasteiger charge is 2.13. The van der Waals surface area contributed by atoms with Crippen molar-refractivity contribution < 1.29 is 4.42 Å². The van der Waals surface area contributed by atoms with E-state index in [4.69, 9.17) is 4.42 Å². The molecule has 0 amide bonds. The summed E-state index contributed by atoms with van der Waals surface area (Å²) < 4.78 is 5.57. The highest BCUT2D eigenvalue weighted by Crippen LogP contribution is 2.15. The molecule has 1 aromatic rings. The SMILES string of the molecule is CCCC(C)N(C)Cc1ccoc1CNC(C)C. The van der Waals surface area contributed by atoms with Crippen molar-refractivity contribution in [1.29, 1.82) is 0 Å². The molecule has 0 saturated heterocycles. The third-order valence-electron chi connectivity index (χ3n) is 3.39. The maximum Gasteiger partial charge on any atom is 0.122 e. The highest BCUT2D eigenvalue weighted by molar-refractivity contribution is 5.17. The largest absolute Gasteiger partial charge is 0.468 e. The molecular weight excluding hydrogens is 224 g/mol. The van der Waals surface area contributed by atoms with Crippen LogP contribution in [0.3, 0.4) is 0 Å². The minimum Gasteiger partial charge on any atom is -0.468 e. The molecule has 1 N–H and O–H groups in total. The first-order valence-electron chi connectivity index (χ1n) is 7.03. The van der Waals surface area contributed by atoms with Gasteiger partial charge in [-0.05, 0) is 26.5 Å². The Kier molecular flexibility index (Phi) is 6.44. The summed E-state index contributed by atoms with van der Waals surface area (Å²) in [6.45, 7) is 10.6. The van der Waals surface area contributed by atoms with Crippen molar-refractivity contribution in [1.82, 2.24) is 10.2 Å². The van der Waals surface area contributed by atoms with Crippen molar-refractivity contribution in [3.63, 3.8) is 0 Å². The van der Waals surface area contributed by atoms with Gasteiger partial charge in [-0.3, -0.25) is 4.90 Å². The molecular formula is C15H28N2O. The van der Waals surface area contributed by atoms with E-state index in [0.29, 0.717) is 12.1 Å². The minimum absolute atomic E-state index is 0.486. The minimum atomic E-state index is 0.486. The van der Waals surface area contributed by atoms with Crippen molar-refractivity contribution >= 4 is 0 Å². The zero-order valence-corrected chi connectivity index (χ0v) is 12.5. The molecule has 0 spiro atoms. The lowest BCUT2D eigenvalue weighted by molar-refractivity contribution is 0.235. The summed E-state index contributed by atoms with van der Waals surface area (Å²) >= 11 is 0. The van der Waals surface area contributed by atoms with Gasteiger partial charge in [0.15, 0.2) is 0 Å². The Balaban J connectivity index is 2.53. The van der Waals surface area contributed by atoms with Crippen molar-refractivity contribution in [2.45, 2.75) is 65.7 Å². The van der Waals surface area contributed by atoms with E-state index in [1.165, 1.54) is 18.4 Å². The van der Waals surface area contributed by atoms with Crippen LogP contribution in [-0.2, 0) is 13.1 Å². The third-order valence-corrected chi connectivity index (χ3v) is 3.39. The van der Waals surface area contributed by atoms with Crippen molar-refractivity contribution in [3.8, 4) is 0 Å². The summed E-state index contributed by atoms with van der Waals surface area (Å²) in [6.07, 6.45) is 4.28. The summed E-state index contributed by atoms with van der Waals surface area (Å²) in [5.41, 5.74) is 1.30. The van der Waals surface area contributed by atoms with Crippen LogP contribution >= 0.6 is 0 Å². The molecule has 0 fully saturated rings. The lowest BCUT2D eigenvalue weighted by Gasteiger charge is -2.24. The van der Waals surface area contributed by atoms with E-state index in [-0.39, 0.29) is 0 Å². The van der Waals surface area contributed by atoms with Gasteiger partial charge in [0.1, 0.15) is 5.76 Å². The quantitative estimate of drug-likeness (QED) is 0.768. The van der Waals surface area contributed by atoms with E-state index in [1.807, 2.05) is 0 Å². The standard InChI is InChI=1S/C15H28N2O/c1-6-7-13(4)17(5)11-14-8-9-18-15(14)10-16-12(2)3/h8-9,12-13,16H,6-7,10-11H2,1-5H3. The number of nitrogens with one attached hydrogen (secondary N) is 1. The number of hydrogen-bond acceptors (Lipinski definition) is 3. The maximum absolute atomic E-state index is 5.57. The van der Waals surface area contributed by atoms with Gasteiger partial charge in [-0.15, -0.1) is 0 Å². The molecule has 0 aliphatic heterocycles. The molecule has 104 valence electrons. The second kappa shape index (κ2) is 7.59. The Morgan fingerprint density at radius 1 is 1.33 bits per heavy atom. The first kappa shape index (κ1) is 15.3. The summed E-state index contributed by atoms with van der Waals surface area (Å²) in [6, 6.07) is 3.20. The first-order valence-corrected chi connectivity index (χ1v) is 7.03. The van der Waals surface area contributed by atoms with Crippen LogP contribution in [0.1, 0.15) is 51.9 Å². The van der Waals surface area contributed by atoms with E-state index >= 15 is 0 Å². The fraction of sp³-hybridized carbons (Fsp3) is 0.733. The predicted octanol–water partition coefficient (Wildman–Crippen LogP) is 3.40. The molecule has 0 aliphatic carbocycles. The highest BCUT2D eigenvalue weighted by atomic mass is 16.3. The Morgan fingerprint density at radius 3 is 2.67 bits per heavy atom. The van der Waals surface area contributed by atoms with Gasteiger partial charge in [0, 0.05) is 24.2 Å². The Bertz CT molecular complexity index is 333. The van der Waals surface area contributed by atoms with Crippen LogP contribution in [0.2, 0.25) is 0 Å². The molecule has 1 atom stereocenters. The monoisotopic (exact) mass is 252 g/mol. The molecule has 0 bridgehead atoms. The van der Waals surface area contributed by atoms with Gasteiger partial charge in [0.2, 0.25) is 0 Å². The van der Waals surface area contributed by atoms with Gasteiger partial charge in [-0.25, -0.2) is 0 Å². The second-order valence-corrected chi connectivity index (χ2v) is 5.46. The molecule has 0 aromatic carbocycles. The van der Waals surface area contributed by atoms with E-state index < -0.39 is 0 Å². The molecule has 3 nitrogen and oxygen atoms in total. The third kappa shape index (κ3) is 4.83. The molecule has 0 radical (unpaired) electrons. The lowest BCUT2D eigenvalue weighted by atomic mass is 10.1. The topological polar surface area (TPSA) is 28.4 Å². The lowest BCUT2D eigenvalue weighted by Crippen LogP contribution is -2.29. The smallest absolute Gasteiger partial charge is 0.122 e. The van der Waals surface area contributed by atoms with Crippen LogP contribution in [0, 0.1) is 0 Å². The van der Waals surface area contributed by atoms with Crippen molar-refractivity contribution in [2.75, 3.05) is 7.05 Å². The fourth-order valence-electron chi connectivity index (χ4n) is 2.02. The van der Waals surface area contributed by atoms with E-state index in [0.717, 1.165) is 18.8 Å². The van der Waals surface area contributed by atoms with Crippen LogP contribution in [0.5, 0.6) is 0 Å². The number of rotatable bonds is 8. The summed E-state index contributed by atoms with van der Waals surface area (Å²) in [5, 5.41) is 3.40. The van der Waals surface area contributed by atoms with Gasteiger partial charge >= 0.3 is 0 Å². The average Bonchev–Trinajstić information content (AvgIpc) is 2.74. The average molecular weight is 252 g/mol. The van der Waals surface area contributed by atoms with Gasteiger partial charge in [0.05, 0.1) is 12.8 Å². The summed E-state index contributed by atoms with van der Waals surface area (Å²) in [4.78, 5) is 2.40. The molecule has 18 heavy (non-hydrogen) atoms. The molecule has 1 unspecified atom stereocenters. The Labute approximate surface area is 112 Å². The summed E-state index contributed by atoms with van der Waals surface area (Å²) in [5.74, 6) is 1.07. The zero-order chi connectivity index (χ0) is 13.5. The Hall–Kier alpha value is -0.800. The molecule has 1 heterocycles. The van der Waals surface area contributed by atoms with E-state index in [2.05, 4.69) is 51.0 Å². The van der Waals surface area contributed by atoms with Crippen molar-refractivity contribution in [3.05, 3.63) is 23.7 Å². The van der Waals surface area contributed by atoms with Gasteiger partial charge in [0.25, 0.3) is 0 Å². The fourth-order valence-corrected chi connectivity index (χ4v) is 2.02. The summed E-state index contributed by atoms with van der Waals surface area (Å²) in [7, 11) is 2.19.